The minimum Gasteiger partial charge on any atom is -0.410 e. The van der Waals surface area contributed by atoms with Gasteiger partial charge in [-0.1, -0.05) is 24.3 Å². The van der Waals surface area contributed by atoms with Crippen LogP contribution in [-0.2, 0) is 6.54 Å². The highest BCUT2D eigenvalue weighted by molar-refractivity contribution is 5.94. The third kappa shape index (κ3) is 4.73. The second-order valence-corrected chi connectivity index (χ2v) is 6.31. The van der Waals surface area contributed by atoms with Crippen molar-refractivity contribution in [3.8, 4) is 5.75 Å². The van der Waals surface area contributed by atoms with E-state index in [2.05, 4.69) is 4.98 Å². The van der Waals surface area contributed by atoms with Gasteiger partial charge in [-0.2, -0.15) is 0 Å². The van der Waals surface area contributed by atoms with E-state index in [9.17, 15) is 9.59 Å². The van der Waals surface area contributed by atoms with E-state index in [1.165, 1.54) is 4.90 Å². The van der Waals surface area contributed by atoms with Crippen molar-refractivity contribution in [2.24, 2.45) is 0 Å². The molecule has 0 saturated heterocycles. The van der Waals surface area contributed by atoms with Gasteiger partial charge in [0.2, 0.25) is 0 Å². The summed E-state index contributed by atoms with van der Waals surface area (Å²) in [4.78, 5) is 31.9. The molecular weight excluding hydrogens is 354 g/mol. The smallest absolute Gasteiger partial charge is 0.410 e. The van der Waals surface area contributed by atoms with Crippen LogP contribution in [0.4, 0.5) is 10.5 Å². The Morgan fingerprint density at radius 3 is 2.29 bits per heavy atom. The molecule has 0 fully saturated rings. The molecule has 28 heavy (non-hydrogen) atoms. The Morgan fingerprint density at radius 2 is 1.64 bits per heavy atom. The van der Waals surface area contributed by atoms with Crippen LogP contribution in [-0.4, -0.2) is 36.0 Å². The zero-order valence-electron chi connectivity index (χ0n) is 15.8. The standard InChI is InChI=1S/C22H21N3O3/c1-24(16-17-7-6-14-23-15-17)21(26)18-10-12-20(13-11-18)28-22(27)25(2)19-8-4-3-5-9-19/h3-15H,16H2,1-2H3. The van der Waals surface area contributed by atoms with Gasteiger partial charge in [0.15, 0.2) is 0 Å². The zero-order valence-corrected chi connectivity index (χ0v) is 15.8. The number of nitrogens with zero attached hydrogens (tertiary/aromatic N) is 3. The van der Waals surface area contributed by atoms with Crippen molar-refractivity contribution in [2.45, 2.75) is 6.54 Å². The molecule has 6 heteroatoms. The van der Waals surface area contributed by atoms with Crippen molar-refractivity contribution >= 4 is 17.7 Å². The van der Waals surface area contributed by atoms with Gasteiger partial charge in [0.25, 0.3) is 5.91 Å². The first-order valence-electron chi connectivity index (χ1n) is 8.79. The highest BCUT2D eigenvalue weighted by Crippen LogP contribution is 2.17. The summed E-state index contributed by atoms with van der Waals surface area (Å²) >= 11 is 0. The third-order valence-electron chi connectivity index (χ3n) is 4.21. The Morgan fingerprint density at radius 1 is 0.929 bits per heavy atom. The van der Waals surface area contributed by atoms with Gasteiger partial charge in [0, 0.05) is 44.3 Å². The lowest BCUT2D eigenvalue weighted by Gasteiger charge is -2.18. The average Bonchev–Trinajstić information content (AvgIpc) is 2.74. The minimum absolute atomic E-state index is 0.122. The van der Waals surface area contributed by atoms with Crippen LogP contribution in [0.2, 0.25) is 0 Å². The number of anilines is 1. The molecule has 0 aliphatic rings. The van der Waals surface area contributed by atoms with Crippen LogP contribution in [0.25, 0.3) is 0 Å². The van der Waals surface area contributed by atoms with Crippen LogP contribution in [0.15, 0.2) is 79.1 Å². The number of pyridine rings is 1. The van der Waals surface area contributed by atoms with Crippen LogP contribution < -0.4 is 9.64 Å². The molecule has 1 heterocycles. The van der Waals surface area contributed by atoms with Gasteiger partial charge < -0.3 is 9.64 Å². The Bertz CT molecular complexity index is 928. The second-order valence-electron chi connectivity index (χ2n) is 6.31. The largest absolute Gasteiger partial charge is 0.419 e. The third-order valence-corrected chi connectivity index (χ3v) is 4.21. The van der Waals surface area contributed by atoms with Crippen molar-refractivity contribution in [2.75, 3.05) is 19.0 Å². The van der Waals surface area contributed by atoms with Crippen molar-refractivity contribution in [3.63, 3.8) is 0 Å². The second kappa shape index (κ2) is 8.81. The Labute approximate surface area is 164 Å². The number of carbonyl (C=O) groups is 2. The molecule has 2 aromatic carbocycles. The molecule has 0 unspecified atom stereocenters. The van der Waals surface area contributed by atoms with Crippen molar-refractivity contribution < 1.29 is 14.3 Å². The maximum atomic E-state index is 12.6. The van der Waals surface area contributed by atoms with Crippen LogP contribution in [0, 0.1) is 0 Å². The molecular formula is C22H21N3O3. The summed E-state index contributed by atoms with van der Waals surface area (Å²) in [5, 5.41) is 0. The summed E-state index contributed by atoms with van der Waals surface area (Å²) in [5.74, 6) is 0.252. The normalized spacial score (nSPS) is 10.2. The molecule has 6 nitrogen and oxygen atoms in total. The molecule has 142 valence electrons. The molecule has 0 saturated carbocycles. The first-order valence-corrected chi connectivity index (χ1v) is 8.79. The lowest BCUT2D eigenvalue weighted by Crippen LogP contribution is -2.29. The molecule has 3 aromatic rings. The van der Waals surface area contributed by atoms with Crippen molar-refractivity contribution in [3.05, 3.63) is 90.3 Å². The predicted molar refractivity (Wildman–Crippen MR) is 107 cm³/mol. The lowest BCUT2D eigenvalue weighted by molar-refractivity contribution is 0.0785. The summed E-state index contributed by atoms with van der Waals surface area (Å²) in [5.41, 5.74) is 2.20. The van der Waals surface area contributed by atoms with Crippen LogP contribution in [0.3, 0.4) is 0 Å². The molecule has 0 aliphatic carbocycles. The summed E-state index contributed by atoms with van der Waals surface area (Å²) in [6.45, 7) is 0.464. The fourth-order valence-corrected chi connectivity index (χ4v) is 2.65. The first kappa shape index (κ1) is 19.1. The molecule has 2 amide bonds. The number of rotatable bonds is 5. The number of aromatic nitrogens is 1. The van der Waals surface area contributed by atoms with Gasteiger partial charge in [0.05, 0.1) is 0 Å². The van der Waals surface area contributed by atoms with Gasteiger partial charge in [-0.15, -0.1) is 0 Å². The average molecular weight is 375 g/mol. The maximum absolute atomic E-state index is 12.6. The SMILES string of the molecule is CN(Cc1cccnc1)C(=O)c1ccc(OC(=O)N(C)c2ccccc2)cc1. The Kier molecular flexibility index (Phi) is 6.01. The van der Waals surface area contributed by atoms with Gasteiger partial charge in [0.1, 0.15) is 5.75 Å². The molecule has 0 bridgehead atoms. The van der Waals surface area contributed by atoms with Gasteiger partial charge in [-0.05, 0) is 48.0 Å². The Balaban J connectivity index is 1.61. The first-order chi connectivity index (χ1) is 13.5. The summed E-state index contributed by atoms with van der Waals surface area (Å²) in [6, 6.07) is 19.5. The van der Waals surface area contributed by atoms with E-state index < -0.39 is 6.09 Å². The molecule has 0 radical (unpaired) electrons. The summed E-state index contributed by atoms with van der Waals surface area (Å²) in [6.07, 6.45) is 2.93. The predicted octanol–water partition coefficient (Wildman–Crippen LogP) is 3.99. The van der Waals surface area contributed by atoms with Crippen LogP contribution >= 0.6 is 0 Å². The maximum Gasteiger partial charge on any atom is 0.419 e. The highest BCUT2D eigenvalue weighted by Gasteiger charge is 2.15. The quantitative estimate of drug-likeness (QED) is 0.676. The Hall–Kier alpha value is -3.67. The number of hydrogen-bond acceptors (Lipinski definition) is 4. The molecule has 0 atom stereocenters. The van der Waals surface area contributed by atoms with Gasteiger partial charge in [-0.3, -0.25) is 14.7 Å². The topological polar surface area (TPSA) is 62.7 Å². The molecule has 0 N–H and O–H groups in total. The fourth-order valence-electron chi connectivity index (χ4n) is 2.65. The highest BCUT2D eigenvalue weighted by atomic mass is 16.6. The number of para-hydroxylation sites is 1. The summed E-state index contributed by atoms with van der Waals surface area (Å²) in [7, 11) is 3.38. The van der Waals surface area contributed by atoms with E-state index in [1.54, 1.807) is 55.7 Å². The van der Waals surface area contributed by atoms with E-state index in [1.807, 2.05) is 42.5 Å². The number of hydrogen-bond donors (Lipinski definition) is 0. The van der Waals surface area contributed by atoms with E-state index >= 15 is 0 Å². The molecule has 0 aliphatic heterocycles. The lowest BCUT2D eigenvalue weighted by atomic mass is 10.2. The minimum atomic E-state index is -0.501. The zero-order chi connectivity index (χ0) is 19.9. The number of benzene rings is 2. The fraction of sp³-hybridized carbons (Fsp3) is 0.136. The number of carbonyl (C=O) groups excluding carboxylic acids is 2. The number of ether oxygens (including phenoxy) is 1. The van der Waals surface area contributed by atoms with E-state index in [4.69, 9.17) is 4.74 Å². The molecule has 1 aromatic heterocycles. The van der Waals surface area contributed by atoms with Gasteiger partial charge in [-0.25, -0.2) is 4.79 Å². The van der Waals surface area contributed by atoms with Gasteiger partial charge >= 0.3 is 6.09 Å². The van der Waals surface area contributed by atoms with E-state index in [0.29, 0.717) is 17.9 Å². The van der Waals surface area contributed by atoms with E-state index in [0.717, 1.165) is 11.3 Å². The summed E-state index contributed by atoms with van der Waals surface area (Å²) < 4.78 is 5.38. The van der Waals surface area contributed by atoms with Crippen molar-refractivity contribution in [1.82, 2.24) is 9.88 Å². The van der Waals surface area contributed by atoms with Crippen molar-refractivity contribution in [1.29, 1.82) is 0 Å². The molecule has 0 spiro atoms. The van der Waals surface area contributed by atoms with Crippen LogP contribution in [0.1, 0.15) is 15.9 Å². The van der Waals surface area contributed by atoms with Crippen LogP contribution in [0.5, 0.6) is 5.75 Å². The molecule has 3 rings (SSSR count). The number of amides is 2. The monoisotopic (exact) mass is 375 g/mol. The van der Waals surface area contributed by atoms with E-state index in [-0.39, 0.29) is 5.91 Å².